The molecule has 29 heavy (non-hydrogen) atoms. The molecule has 2 nitrogen and oxygen atoms in total. The van der Waals surface area contributed by atoms with E-state index in [4.69, 9.17) is 4.74 Å². The molecule has 2 aromatic carbocycles. The molecule has 0 bridgehead atoms. The van der Waals surface area contributed by atoms with E-state index < -0.39 is 0 Å². The molecule has 2 heteroatoms. The lowest BCUT2D eigenvalue weighted by Gasteiger charge is -2.42. The largest absolute Gasteiger partial charge is 0.465 e. The van der Waals surface area contributed by atoms with Crippen molar-refractivity contribution in [2.75, 3.05) is 7.11 Å². The maximum absolute atomic E-state index is 11.9. The summed E-state index contributed by atoms with van der Waals surface area (Å²) in [7, 11) is 1.41. The van der Waals surface area contributed by atoms with Crippen LogP contribution in [-0.2, 0) is 15.6 Å². The molecule has 152 valence electrons. The summed E-state index contributed by atoms with van der Waals surface area (Å²) < 4.78 is 4.87. The van der Waals surface area contributed by atoms with Crippen LogP contribution >= 0.6 is 0 Å². The third kappa shape index (κ3) is 4.37. The number of carbonyl (C=O) groups is 1. The van der Waals surface area contributed by atoms with Crippen LogP contribution in [0, 0.1) is 0 Å². The Hall–Kier alpha value is -2.61. The van der Waals surface area contributed by atoms with E-state index in [9.17, 15) is 4.79 Å². The summed E-state index contributed by atoms with van der Waals surface area (Å²) in [6.45, 7) is 11.6. The fourth-order valence-corrected chi connectivity index (χ4v) is 4.16. The minimum atomic E-state index is -0.314. The number of ether oxygens (including phenoxy) is 1. The second-order valence-corrected chi connectivity index (χ2v) is 9.32. The Labute approximate surface area is 175 Å². The van der Waals surface area contributed by atoms with Crippen molar-refractivity contribution in [3.63, 3.8) is 0 Å². The summed E-state index contributed by atoms with van der Waals surface area (Å²) in [5, 5.41) is 0. The number of benzene rings is 2. The summed E-state index contributed by atoms with van der Waals surface area (Å²) in [5.41, 5.74) is 7.28. The molecule has 0 heterocycles. The molecule has 0 aromatic heterocycles. The van der Waals surface area contributed by atoms with Crippen LogP contribution in [0.3, 0.4) is 0 Å². The van der Waals surface area contributed by atoms with Gasteiger partial charge in [-0.15, -0.1) is 0 Å². The van der Waals surface area contributed by atoms with Gasteiger partial charge >= 0.3 is 5.97 Å². The molecule has 0 atom stereocenters. The second-order valence-electron chi connectivity index (χ2n) is 9.32. The van der Waals surface area contributed by atoms with Crippen molar-refractivity contribution >= 4 is 17.6 Å². The summed E-state index contributed by atoms with van der Waals surface area (Å²) in [5.74, 6) is -0.314. The van der Waals surface area contributed by atoms with E-state index in [2.05, 4.69) is 58.9 Å². The minimum Gasteiger partial charge on any atom is -0.465 e. The van der Waals surface area contributed by atoms with E-state index in [0.29, 0.717) is 5.56 Å². The second kappa shape index (κ2) is 8.02. The van der Waals surface area contributed by atoms with Gasteiger partial charge in [-0.25, -0.2) is 4.79 Å². The molecule has 0 saturated carbocycles. The number of allylic oxidation sites excluding steroid dienone is 3. The van der Waals surface area contributed by atoms with Crippen LogP contribution in [-0.4, -0.2) is 13.1 Å². The number of carbonyl (C=O) groups excluding carboxylic acids is 1. The molecule has 1 aliphatic carbocycles. The highest BCUT2D eigenvalue weighted by molar-refractivity contribution is 5.93. The van der Waals surface area contributed by atoms with Gasteiger partial charge in [0.1, 0.15) is 0 Å². The predicted molar refractivity (Wildman–Crippen MR) is 122 cm³/mol. The van der Waals surface area contributed by atoms with Crippen molar-refractivity contribution in [1.29, 1.82) is 0 Å². The first-order valence-electron chi connectivity index (χ1n) is 10.3. The van der Waals surface area contributed by atoms with Crippen molar-refractivity contribution < 1.29 is 9.53 Å². The zero-order valence-corrected chi connectivity index (χ0v) is 18.5. The highest BCUT2D eigenvalue weighted by Crippen LogP contribution is 2.46. The van der Waals surface area contributed by atoms with Gasteiger partial charge in [0, 0.05) is 0 Å². The maximum Gasteiger partial charge on any atom is 0.338 e. The van der Waals surface area contributed by atoms with Crippen molar-refractivity contribution in [2.24, 2.45) is 0 Å². The van der Waals surface area contributed by atoms with Gasteiger partial charge < -0.3 is 4.74 Å². The Kier molecular flexibility index (Phi) is 5.84. The first-order valence-corrected chi connectivity index (χ1v) is 10.3. The minimum absolute atomic E-state index is 0.205. The number of methoxy groups -OCH3 is 1. The molecule has 0 N–H and O–H groups in total. The van der Waals surface area contributed by atoms with Gasteiger partial charge in [-0.2, -0.15) is 0 Å². The van der Waals surface area contributed by atoms with Gasteiger partial charge in [-0.05, 0) is 64.5 Å². The topological polar surface area (TPSA) is 26.3 Å². The lowest BCUT2D eigenvalue weighted by molar-refractivity contribution is 0.0600. The molecular weight excluding hydrogens is 356 g/mol. The Bertz CT molecular complexity index is 974. The van der Waals surface area contributed by atoms with Crippen LogP contribution in [0.2, 0.25) is 0 Å². The van der Waals surface area contributed by atoms with Gasteiger partial charge in [-0.1, -0.05) is 82.3 Å². The maximum atomic E-state index is 11.9. The molecule has 0 radical (unpaired) electrons. The fraction of sp³-hybridized carbons (Fsp3) is 0.370. The van der Waals surface area contributed by atoms with Gasteiger partial charge in [-0.3, -0.25) is 0 Å². The van der Waals surface area contributed by atoms with E-state index in [-0.39, 0.29) is 16.8 Å². The highest BCUT2D eigenvalue weighted by Gasteiger charge is 2.36. The van der Waals surface area contributed by atoms with Crippen molar-refractivity contribution in [1.82, 2.24) is 0 Å². The van der Waals surface area contributed by atoms with Crippen LogP contribution < -0.4 is 0 Å². The van der Waals surface area contributed by atoms with Crippen LogP contribution in [0.1, 0.15) is 80.1 Å². The monoisotopic (exact) mass is 388 g/mol. The van der Waals surface area contributed by atoms with E-state index in [0.717, 1.165) is 5.56 Å². The summed E-state index contributed by atoms with van der Waals surface area (Å²) in [6, 6.07) is 14.4. The van der Waals surface area contributed by atoms with Crippen LogP contribution in [0.25, 0.3) is 11.6 Å². The first-order chi connectivity index (χ1) is 13.7. The smallest absolute Gasteiger partial charge is 0.338 e. The van der Waals surface area contributed by atoms with Crippen molar-refractivity contribution in [3.8, 4) is 0 Å². The fourth-order valence-electron chi connectivity index (χ4n) is 4.16. The van der Waals surface area contributed by atoms with Gasteiger partial charge in [0.05, 0.1) is 12.7 Å². The lowest BCUT2D eigenvalue weighted by Crippen LogP contribution is -2.33. The molecular formula is C27H32O2. The Balaban J connectivity index is 1.90. The molecule has 0 saturated heterocycles. The molecule has 1 aliphatic rings. The van der Waals surface area contributed by atoms with Crippen LogP contribution in [0.4, 0.5) is 0 Å². The average Bonchev–Trinajstić information content (AvgIpc) is 2.71. The van der Waals surface area contributed by atoms with Crippen molar-refractivity contribution in [3.05, 3.63) is 82.4 Å². The third-order valence-corrected chi connectivity index (χ3v) is 6.30. The summed E-state index contributed by atoms with van der Waals surface area (Å²) >= 11 is 0. The predicted octanol–water partition coefficient (Wildman–Crippen LogP) is 6.94. The molecule has 2 aromatic rings. The average molecular weight is 389 g/mol. The Morgan fingerprint density at radius 1 is 0.966 bits per heavy atom. The summed E-state index contributed by atoms with van der Waals surface area (Å²) in [6.07, 6.45) is 8.51. The Morgan fingerprint density at radius 2 is 1.62 bits per heavy atom. The third-order valence-electron chi connectivity index (χ3n) is 6.30. The Morgan fingerprint density at radius 3 is 2.31 bits per heavy atom. The number of esters is 1. The zero-order chi connectivity index (χ0) is 21.2. The quantitative estimate of drug-likeness (QED) is 0.419. The summed E-state index contributed by atoms with van der Waals surface area (Å²) in [4.78, 5) is 11.9. The number of fused-ring (bicyclic) bond motifs is 1. The molecule has 3 rings (SSSR count). The molecule has 0 unspecified atom stereocenters. The SMILES string of the molecule is COC(=O)c1ccccc1/C=C/C=C(/C)c1ccc2c(c1)C(C)(C)CCC2(C)C. The lowest BCUT2D eigenvalue weighted by atomic mass is 9.63. The normalized spacial score (nSPS) is 17.8. The molecule has 0 amide bonds. The van der Waals surface area contributed by atoms with E-state index in [1.54, 1.807) is 6.07 Å². The van der Waals surface area contributed by atoms with Crippen LogP contribution in [0.5, 0.6) is 0 Å². The molecule has 0 fully saturated rings. The highest BCUT2D eigenvalue weighted by atomic mass is 16.5. The number of rotatable bonds is 4. The molecule has 0 aliphatic heterocycles. The van der Waals surface area contributed by atoms with E-state index in [1.165, 1.54) is 42.2 Å². The van der Waals surface area contributed by atoms with Gasteiger partial charge in [0.2, 0.25) is 0 Å². The van der Waals surface area contributed by atoms with Crippen molar-refractivity contribution in [2.45, 2.75) is 58.3 Å². The van der Waals surface area contributed by atoms with E-state index >= 15 is 0 Å². The zero-order valence-electron chi connectivity index (χ0n) is 18.5. The molecule has 0 spiro atoms. The number of hydrogen-bond acceptors (Lipinski definition) is 2. The van der Waals surface area contributed by atoms with Gasteiger partial charge in [0.15, 0.2) is 0 Å². The van der Waals surface area contributed by atoms with Gasteiger partial charge in [0.25, 0.3) is 0 Å². The first kappa shape index (κ1) is 21.1. The van der Waals surface area contributed by atoms with Crippen LogP contribution in [0.15, 0.2) is 54.6 Å². The number of hydrogen-bond donors (Lipinski definition) is 0. The van der Waals surface area contributed by atoms with E-state index in [1.807, 2.05) is 30.4 Å². The standard InChI is InChI=1S/C27H32O2/c1-19(10-9-12-20-11-7-8-13-22(20)25(28)29-6)21-14-15-23-24(18-21)27(4,5)17-16-26(23,2)3/h7-15,18H,16-17H2,1-6H3/b12-9+,19-10-.